The maximum absolute atomic E-state index is 12.6. The highest BCUT2D eigenvalue weighted by molar-refractivity contribution is 6.09. The summed E-state index contributed by atoms with van der Waals surface area (Å²) in [6.07, 6.45) is 1.74. The zero-order chi connectivity index (χ0) is 27.1. The zero-order valence-electron chi connectivity index (χ0n) is 21.3. The van der Waals surface area contributed by atoms with Crippen LogP contribution in [0.3, 0.4) is 0 Å². The van der Waals surface area contributed by atoms with Crippen LogP contribution in [0.25, 0.3) is 38.7 Å². The number of para-hydroxylation sites is 2. The van der Waals surface area contributed by atoms with E-state index in [1.807, 2.05) is 78.9 Å². The molecule has 7 aromatic rings. The Bertz CT molecular complexity index is 2010. The number of nitrogens with two attached hydrogens (primary N) is 1. The minimum atomic E-state index is -0.184. The van der Waals surface area contributed by atoms with Gasteiger partial charge < -0.3 is 20.8 Å². The van der Waals surface area contributed by atoms with Crippen LogP contribution < -0.4 is 16.4 Å². The van der Waals surface area contributed by atoms with Gasteiger partial charge in [0.2, 0.25) is 5.95 Å². The van der Waals surface area contributed by atoms with Gasteiger partial charge in [-0.1, -0.05) is 42.5 Å². The zero-order valence-corrected chi connectivity index (χ0v) is 21.3. The topological polar surface area (TPSA) is 110 Å². The number of nitrogens with zero attached hydrogens (tertiary/aromatic N) is 3. The van der Waals surface area contributed by atoms with Crippen LogP contribution in [-0.2, 0) is 6.54 Å². The summed E-state index contributed by atoms with van der Waals surface area (Å²) in [6.45, 7) is 0.439. The molecule has 0 aliphatic carbocycles. The Hall–Kier alpha value is -5.47. The summed E-state index contributed by atoms with van der Waals surface area (Å²) in [5, 5.41) is 12.9. The van der Waals surface area contributed by atoms with Crippen LogP contribution in [0, 0.1) is 0 Å². The smallest absolute Gasteiger partial charge is 0.255 e. The van der Waals surface area contributed by atoms with Crippen molar-refractivity contribution in [3.63, 3.8) is 0 Å². The molecule has 4 N–H and O–H groups in total. The number of rotatable bonds is 6. The third-order valence-electron chi connectivity index (χ3n) is 6.91. The van der Waals surface area contributed by atoms with Crippen molar-refractivity contribution in [1.29, 1.82) is 0 Å². The van der Waals surface area contributed by atoms with Crippen molar-refractivity contribution in [3.05, 3.63) is 120 Å². The highest BCUT2D eigenvalue weighted by Crippen LogP contribution is 2.36. The first-order chi connectivity index (χ1) is 19.7. The maximum atomic E-state index is 12.6. The molecule has 1 amide bonds. The lowest BCUT2D eigenvalue weighted by Crippen LogP contribution is -2.12. The summed E-state index contributed by atoms with van der Waals surface area (Å²) >= 11 is 0. The Labute approximate surface area is 229 Å². The lowest BCUT2D eigenvalue weighted by Gasteiger charge is -2.11. The summed E-state index contributed by atoms with van der Waals surface area (Å²) < 4.78 is 8.01. The number of amides is 1. The van der Waals surface area contributed by atoms with E-state index >= 15 is 0 Å². The van der Waals surface area contributed by atoms with Crippen molar-refractivity contribution in [2.24, 2.45) is 5.73 Å². The lowest BCUT2D eigenvalue weighted by molar-refractivity contribution is 0.102. The standard InChI is InChI=1S/C32H24N6O2/c33-19-20-8-10-21(11-9-20)31(39)35-22-12-14-23(15-13-22)36-32-37-28(18-24-16-17-34-38(24)32)27-6-3-5-26-25-4-1-2-7-29(25)40-30(26)27/h1-18H,19,33H2,(H,35,39)(H,36,37). The predicted octanol–water partition coefficient (Wildman–Crippen LogP) is 6.75. The summed E-state index contributed by atoms with van der Waals surface area (Å²) in [6, 6.07) is 32.8. The maximum Gasteiger partial charge on any atom is 0.255 e. The molecule has 0 bridgehead atoms. The average Bonchev–Trinajstić information content (AvgIpc) is 3.63. The summed E-state index contributed by atoms with van der Waals surface area (Å²) in [5.41, 5.74) is 12.9. The van der Waals surface area contributed by atoms with E-state index in [2.05, 4.69) is 27.9 Å². The van der Waals surface area contributed by atoms with Crippen LogP contribution in [-0.4, -0.2) is 20.5 Å². The van der Waals surface area contributed by atoms with E-state index in [9.17, 15) is 4.79 Å². The quantitative estimate of drug-likeness (QED) is 0.222. The summed E-state index contributed by atoms with van der Waals surface area (Å²) in [7, 11) is 0. The molecular formula is C32H24N6O2. The molecule has 0 unspecified atom stereocenters. The number of furan rings is 1. The minimum absolute atomic E-state index is 0.184. The van der Waals surface area contributed by atoms with Crippen molar-refractivity contribution in [1.82, 2.24) is 14.6 Å². The first-order valence-electron chi connectivity index (χ1n) is 12.9. The lowest BCUT2D eigenvalue weighted by atomic mass is 10.1. The number of fused-ring (bicyclic) bond motifs is 4. The second-order valence-corrected chi connectivity index (χ2v) is 9.47. The molecule has 3 aromatic heterocycles. The van der Waals surface area contributed by atoms with Gasteiger partial charge in [-0.2, -0.15) is 5.10 Å². The molecule has 8 nitrogen and oxygen atoms in total. The molecular weight excluding hydrogens is 500 g/mol. The van der Waals surface area contributed by atoms with E-state index in [-0.39, 0.29) is 5.91 Å². The molecule has 40 heavy (non-hydrogen) atoms. The van der Waals surface area contributed by atoms with Crippen LogP contribution in [0.15, 0.2) is 114 Å². The van der Waals surface area contributed by atoms with Gasteiger partial charge in [0.15, 0.2) is 0 Å². The van der Waals surface area contributed by atoms with Gasteiger partial charge in [0.05, 0.1) is 17.4 Å². The van der Waals surface area contributed by atoms with Gasteiger partial charge in [-0.3, -0.25) is 4.79 Å². The fourth-order valence-corrected chi connectivity index (χ4v) is 4.86. The van der Waals surface area contributed by atoms with Crippen molar-refractivity contribution < 1.29 is 9.21 Å². The van der Waals surface area contributed by atoms with Gasteiger partial charge >= 0.3 is 0 Å². The second-order valence-electron chi connectivity index (χ2n) is 9.47. The van der Waals surface area contributed by atoms with Gasteiger partial charge in [-0.25, -0.2) is 9.50 Å². The van der Waals surface area contributed by atoms with Gasteiger partial charge in [-0.15, -0.1) is 0 Å². The van der Waals surface area contributed by atoms with E-state index in [0.717, 1.165) is 50.0 Å². The number of hydrogen-bond donors (Lipinski definition) is 3. The summed E-state index contributed by atoms with van der Waals surface area (Å²) in [5.74, 6) is 0.374. The molecule has 8 heteroatoms. The fourth-order valence-electron chi connectivity index (χ4n) is 4.86. The Morgan fingerprint density at radius 1 is 0.850 bits per heavy atom. The highest BCUT2D eigenvalue weighted by Gasteiger charge is 2.15. The molecule has 4 aromatic carbocycles. The molecule has 7 rings (SSSR count). The normalized spacial score (nSPS) is 11.3. The highest BCUT2D eigenvalue weighted by atomic mass is 16.3. The monoisotopic (exact) mass is 524 g/mol. The predicted molar refractivity (Wildman–Crippen MR) is 158 cm³/mol. The number of carbonyl (C=O) groups excluding carboxylic acids is 1. The third kappa shape index (κ3) is 4.22. The van der Waals surface area contributed by atoms with E-state index in [1.54, 1.807) is 22.8 Å². The van der Waals surface area contributed by atoms with Gasteiger partial charge in [-0.05, 0) is 66.2 Å². The molecule has 0 saturated carbocycles. The van der Waals surface area contributed by atoms with E-state index in [4.69, 9.17) is 15.1 Å². The van der Waals surface area contributed by atoms with Gasteiger partial charge in [0, 0.05) is 39.8 Å². The first-order valence-corrected chi connectivity index (χ1v) is 12.9. The first kappa shape index (κ1) is 23.6. The molecule has 0 aliphatic heterocycles. The van der Waals surface area contributed by atoms with Crippen LogP contribution in [0.5, 0.6) is 0 Å². The number of benzene rings is 4. The van der Waals surface area contributed by atoms with E-state index < -0.39 is 0 Å². The number of carbonyl (C=O) groups is 1. The Morgan fingerprint density at radius 3 is 2.45 bits per heavy atom. The van der Waals surface area contributed by atoms with Crippen molar-refractivity contribution in [3.8, 4) is 11.3 Å². The Morgan fingerprint density at radius 2 is 1.62 bits per heavy atom. The second kappa shape index (κ2) is 9.68. The average molecular weight is 525 g/mol. The van der Waals surface area contributed by atoms with Crippen molar-refractivity contribution >= 4 is 50.7 Å². The molecule has 3 heterocycles. The molecule has 194 valence electrons. The molecule has 0 spiro atoms. The SMILES string of the molecule is NCc1ccc(C(=O)Nc2ccc(Nc3nc(-c4cccc5c4oc4ccccc45)cc4ccnn34)cc2)cc1. The Balaban J connectivity index is 1.18. The molecule has 0 radical (unpaired) electrons. The third-order valence-corrected chi connectivity index (χ3v) is 6.91. The van der Waals surface area contributed by atoms with Gasteiger partial charge in [0.1, 0.15) is 11.2 Å². The van der Waals surface area contributed by atoms with Crippen LogP contribution in [0.4, 0.5) is 17.3 Å². The largest absolute Gasteiger partial charge is 0.455 e. The van der Waals surface area contributed by atoms with Crippen molar-refractivity contribution in [2.75, 3.05) is 10.6 Å². The van der Waals surface area contributed by atoms with Crippen LogP contribution >= 0.6 is 0 Å². The van der Waals surface area contributed by atoms with Crippen LogP contribution in [0.2, 0.25) is 0 Å². The fraction of sp³-hybridized carbons (Fsp3) is 0.0312. The van der Waals surface area contributed by atoms with E-state index in [0.29, 0.717) is 23.7 Å². The number of aromatic nitrogens is 3. The minimum Gasteiger partial charge on any atom is -0.455 e. The molecule has 0 aliphatic rings. The van der Waals surface area contributed by atoms with E-state index in [1.165, 1.54) is 0 Å². The van der Waals surface area contributed by atoms with Gasteiger partial charge in [0.25, 0.3) is 5.91 Å². The number of hydrogen-bond acceptors (Lipinski definition) is 6. The Kier molecular flexibility index (Phi) is 5.72. The number of nitrogens with one attached hydrogen (secondary N) is 2. The molecule has 0 saturated heterocycles. The number of anilines is 3. The summed E-state index contributed by atoms with van der Waals surface area (Å²) in [4.78, 5) is 17.6. The van der Waals surface area contributed by atoms with Crippen LogP contribution in [0.1, 0.15) is 15.9 Å². The molecule has 0 atom stereocenters. The van der Waals surface area contributed by atoms with Crippen molar-refractivity contribution in [2.45, 2.75) is 6.54 Å². The molecule has 0 fully saturated rings.